The summed E-state index contributed by atoms with van der Waals surface area (Å²) in [5, 5.41) is 10.9. The van der Waals surface area contributed by atoms with Crippen molar-refractivity contribution in [1.29, 1.82) is 0 Å². The van der Waals surface area contributed by atoms with Gasteiger partial charge in [0.25, 0.3) is 5.69 Å². The van der Waals surface area contributed by atoms with E-state index in [1.54, 1.807) is 6.92 Å². The third-order valence-electron chi connectivity index (χ3n) is 4.43. The third kappa shape index (κ3) is 7.57. The Morgan fingerprint density at radius 2 is 1.67 bits per heavy atom. The first-order chi connectivity index (χ1) is 16.8. The van der Waals surface area contributed by atoms with E-state index in [1.165, 1.54) is 6.92 Å². The Balaban J connectivity index is 2.09. The van der Waals surface area contributed by atoms with Crippen molar-refractivity contribution in [2.24, 2.45) is 5.92 Å². The maximum Gasteiger partial charge on any atom is 0.416 e. The van der Waals surface area contributed by atoms with E-state index in [4.69, 9.17) is 25.8 Å². The molecule has 14 heteroatoms. The molecule has 2 aromatic carbocycles. The average Bonchev–Trinajstić information content (AvgIpc) is 2.81. The summed E-state index contributed by atoms with van der Waals surface area (Å²) in [6, 6.07) is 5.32. The number of carbonyl (C=O) groups is 3. The average molecular weight is 534 g/mol. The smallest absolute Gasteiger partial charge is 0.416 e. The van der Waals surface area contributed by atoms with Crippen LogP contribution in [-0.2, 0) is 30.0 Å². The summed E-state index contributed by atoms with van der Waals surface area (Å²) in [6.07, 6.45) is -4.63. The van der Waals surface area contributed by atoms with Crippen LogP contribution in [0.5, 0.6) is 11.5 Å². The Morgan fingerprint density at radius 3 is 2.25 bits per heavy atom. The van der Waals surface area contributed by atoms with Gasteiger partial charge in [0.2, 0.25) is 0 Å². The minimum atomic E-state index is -4.63. The van der Waals surface area contributed by atoms with Crippen molar-refractivity contribution in [2.75, 3.05) is 19.8 Å². The van der Waals surface area contributed by atoms with E-state index in [0.717, 1.165) is 30.3 Å². The highest BCUT2D eigenvalue weighted by Crippen LogP contribution is 2.37. The zero-order chi connectivity index (χ0) is 27.0. The zero-order valence-corrected chi connectivity index (χ0v) is 19.6. The van der Waals surface area contributed by atoms with Crippen LogP contribution in [0.15, 0.2) is 36.4 Å². The van der Waals surface area contributed by atoms with Crippen LogP contribution in [0.4, 0.5) is 18.9 Å². The first-order valence-corrected chi connectivity index (χ1v) is 10.6. The molecule has 36 heavy (non-hydrogen) atoms. The van der Waals surface area contributed by atoms with E-state index in [9.17, 15) is 37.7 Å². The molecule has 0 aliphatic carbocycles. The maximum atomic E-state index is 12.8. The van der Waals surface area contributed by atoms with Crippen molar-refractivity contribution in [3.05, 3.63) is 62.7 Å². The number of nitro benzene ring substituents is 1. The van der Waals surface area contributed by atoms with Crippen LogP contribution in [0.3, 0.4) is 0 Å². The van der Waals surface area contributed by atoms with Crippen LogP contribution in [0.25, 0.3) is 0 Å². The summed E-state index contributed by atoms with van der Waals surface area (Å²) in [5.41, 5.74) is -2.18. The van der Waals surface area contributed by atoms with Gasteiger partial charge in [0.1, 0.15) is 30.3 Å². The standard InChI is InChI=1S/C22H19ClF3NO9/c1-3-33-19(28)12(2)20(29)34-8-9-35-21(30)15-11-14(5-6-17(15)27(31)32)36-18-7-4-13(10-16(18)23)22(24,25)26/h4-7,10-12H,3,8-9H2,1-2H3. The molecule has 10 nitrogen and oxygen atoms in total. The van der Waals surface area contributed by atoms with Gasteiger partial charge in [-0.25, -0.2) is 4.79 Å². The molecule has 0 aliphatic heterocycles. The van der Waals surface area contributed by atoms with Gasteiger partial charge in [-0.2, -0.15) is 13.2 Å². The summed E-state index contributed by atoms with van der Waals surface area (Å²) < 4.78 is 58.2. The van der Waals surface area contributed by atoms with Crippen LogP contribution >= 0.6 is 11.6 Å². The van der Waals surface area contributed by atoms with E-state index in [0.29, 0.717) is 6.07 Å². The first-order valence-electron chi connectivity index (χ1n) is 10.2. The number of halogens is 4. The Kier molecular flexibility index (Phi) is 9.61. The fourth-order valence-corrected chi connectivity index (χ4v) is 2.85. The van der Waals surface area contributed by atoms with Gasteiger partial charge in [-0.1, -0.05) is 11.6 Å². The minimum absolute atomic E-state index is 0.0701. The molecule has 0 radical (unpaired) electrons. The van der Waals surface area contributed by atoms with Gasteiger partial charge in [-0.15, -0.1) is 0 Å². The number of alkyl halides is 3. The number of carbonyl (C=O) groups excluding carboxylic acids is 3. The second-order valence-electron chi connectivity index (χ2n) is 6.96. The van der Waals surface area contributed by atoms with Crippen molar-refractivity contribution in [1.82, 2.24) is 0 Å². The first kappa shape index (κ1) is 28.4. The van der Waals surface area contributed by atoms with Gasteiger partial charge in [0.05, 0.1) is 22.1 Å². The van der Waals surface area contributed by atoms with Gasteiger partial charge >= 0.3 is 24.1 Å². The molecule has 0 bridgehead atoms. The molecule has 1 atom stereocenters. The van der Waals surface area contributed by atoms with Gasteiger partial charge in [-0.3, -0.25) is 19.7 Å². The molecule has 0 saturated carbocycles. The van der Waals surface area contributed by atoms with Crippen molar-refractivity contribution < 1.29 is 51.4 Å². The van der Waals surface area contributed by atoms with Gasteiger partial charge in [0.15, 0.2) is 5.92 Å². The molecule has 2 rings (SSSR count). The summed E-state index contributed by atoms with van der Waals surface area (Å²) in [6.45, 7) is 1.96. The third-order valence-corrected chi connectivity index (χ3v) is 4.72. The number of nitro groups is 1. The second kappa shape index (κ2) is 12.2. The van der Waals surface area contributed by atoms with Crippen LogP contribution in [0, 0.1) is 16.0 Å². The van der Waals surface area contributed by atoms with Crippen molar-refractivity contribution in [3.63, 3.8) is 0 Å². The number of nitrogens with zero attached hydrogens (tertiary/aromatic N) is 1. The largest absolute Gasteiger partial charge is 0.465 e. The van der Waals surface area contributed by atoms with E-state index < -0.39 is 65.0 Å². The van der Waals surface area contributed by atoms with E-state index in [1.807, 2.05) is 0 Å². The molecule has 0 spiro atoms. The molecule has 0 heterocycles. The predicted octanol–water partition coefficient (Wildman–Crippen LogP) is 4.96. The molecule has 0 fully saturated rings. The molecule has 0 aromatic heterocycles. The molecule has 0 amide bonds. The minimum Gasteiger partial charge on any atom is -0.465 e. The predicted molar refractivity (Wildman–Crippen MR) is 117 cm³/mol. The molecular weight excluding hydrogens is 515 g/mol. The highest BCUT2D eigenvalue weighted by molar-refractivity contribution is 6.32. The highest BCUT2D eigenvalue weighted by atomic mass is 35.5. The van der Waals surface area contributed by atoms with Crippen molar-refractivity contribution >= 4 is 35.2 Å². The molecule has 2 aromatic rings. The second-order valence-corrected chi connectivity index (χ2v) is 7.37. The number of esters is 3. The summed E-state index contributed by atoms with van der Waals surface area (Å²) in [4.78, 5) is 46.2. The summed E-state index contributed by atoms with van der Waals surface area (Å²) >= 11 is 5.84. The fraction of sp³-hybridized carbons (Fsp3) is 0.318. The van der Waals surface area contributed by atoms with Gasteiger partial charge in [0, 0.05) is 12.1 Å². The molecule has 194 valence electrons. The monoisotopic (exact) mass is 533 g/mol. The van der Waals surface area contributed by atoms with Crippen molar-refractivity contribution in [2.45, 2.75) is 20.0 Å². The lowest BCUT2D eigenvalue weighted by molar-refractivity contribution is -0.385. The van der Waals surface area contributed by atoms with E-state index in [-0.39, 0.29) is 23.1 Å². The Hall–Kier alpha value is -3.87. The highest BCUT2D eigenvalue weighted by Gasteiger charge is 2.31. The zero-order valence-electron chi connectivity index (χ0n) is 18.8. The Bertz CT molecular complexity index is 1150. The molecule has 0 saturated heterocycles. The Labute approximate surface area is 207 Å². The lowest BCUT2D eigenvalue weighted by Crippen LogP contribution is -2.26. The van der Waals surface area contributed by atoms with Gasteiger partial charge < -0.3 is 18.9 Å². The topological polar surface area (TPSA) is 131 Å². The summed E-state index contributed by atoms with van der Waals surface area (Å²) in [5.74, 6) is -4.42. The van der Waals surface area contributed by atoms with Crippen LogP contribution in [0.1, 0.15) is 29.8 Å². The van der Waals surface area contributed by atoms with E-state index >= 15 is 0 Å². The quantitative estimate of drug-likeness (QED) is 0.104. The number of hydrogen-bond donors (Lipinski definition) is 0. The number of hydrogen-bond acceptors (Lipinski definition) is 9. The molecule has 0 aliphatic rings. The lowest BCUT2D eigenvalue weighted by Gasteiger charge is -2.12. The lowest BCUT2D eigenvalue weighted by atomic mass is 10.1. The normalized spacial score (nSPS) is 11.8. The number of ether oxygens (including phenoxy) is 4. The van der Waals surface area contributed by atoms with Gasteiger partial charge in [-0.05, 0) is 38.1 Å². The SMILES string of the molecule is CCOC(=O)C(C)C(=O)OCCOC(=O)c1cc(Oc2ccc(C(F)(F)F)cc2Cl)ccc1[N+](=O)[O-]. The molecular formula is C22H19ClF3NO9. The van der Waals surface area contributed by atoms with Crippen LogP contribution in [-0.4, -0.2) is 42.7 Å². The maximum absolute atomic E-state index is 12.8. The molecule has 0 N–H and O–H groups in total. The molecule has 1 unspecified atom stereocenters. The number of benzene rings is 2. The fourth-order valence-electron chi connectivity index (χ4n) is 2.63. The summed E-state index contributed by atoms with van der Waals surface area (Å²) in [7, 11) is 0. The van der Waals surface area contributed by atoms with Crippen LogP contribution in [0.2, 0.25) is 5.02 Å². The van der Waals surface area contributed by atoms with Crippen molar-refractivity contribution in [3.8, 4) is 11.5 Å². The number of rotatable bonds is 10. The van der Waals surface area contributed by atoms with E-state index in [2.05, 4.69) is 4.74 Å². The van der Waals surface area contributed by atoms with Crippen LogP contribution < -0.4 is 4.74 Å². The Morgan fingerprint density at radius 1 is 1.03 bits per heavy atom.